The van der Waals surface area contributed by atoms with E-state index in [0.29, 0.717) is 13.0 Å². The number of carbonyl (C=O) groups excluding carboxylic acids is 1. The Balaban J connectivity index is 1.83. The predicted octanol–water partition coefficient (Wildman–Crippen LogP) is 4.11. The maximum atomic E-state index is 12.0. The Morgan fingerprint density at radius 3 is 2.79 bits per heavy atom. The molecule has 4 atom stereocenters. The quantitative estimate of drug-likeness (QED) is 0.621. The number of carboxylic acid groups (broad SMARTS) is 1. The van der Waals surface area contributed by atoms with E-state index in [4.69, 9.17) is 4.74 Å². The van der Waals surface area contributed by atoms with E-state index in [9.17, 15) is 14.7 Å². The molecule has 4 nitrogen and oxygen atoms in total. The van der Waals surface area contributed by atoms with Gasteiger partial charge in [-0.05, 0) is 68.8 Å². The molecular weight excluding hydrogens is 304 g/mol. The molecule has 2 fully saturated rings. The van der Waals surface area contributed by atoms with Gasteiger partial charge in [-0.2, -0.15) is 0 Å². The second kappa shape index (κ2) is 6.05. The van der Waals surface area contributed by atoms with Crippen molar-refractivity contribution in [2.75, 3.05) is 6.61 Å². The first-order chi connectivity index (χ1) is 11.3. The zero-order valence-corrected chi connectivity index (χ0v) is 14.8. The second-order valence-corrected chi connectivity index (χ2v) is 8.25. The van der Waals surface area contributed by atoms with Crippen molar-refractivity contribution in [2.45, 2.75) is 58.8 Å². The maximum absolute atomic E-state index is 12.0. The summed E-state index contributed by atoms with van der Waals surface area (Å²) < 4.78 is 5.00. The lowest BCUT2D eigenvalue weighted by Gasteiger charge is -2.57. The van der Waals surface area contributed by atoms with E-state index in [-0.39, 0.29) is 23.2 Å². The van der Waals surface area contributed by atoms with E-state index in [2.05, 4.69) is 13.5 Å². The van der Waals surface area contributed by atoms with Crippen molar-refractivity contribution in [3.63, 3.8) is 0 Å². The molecule has 3 aliphatic rings. The third-order valence-electron chi connectivity index (χ3n) is 7.02. The average Bonchev–Trinajstić information content (AvgIpc) is 2.91. The Kier molecular flexibility index (Phi) is 4.35. The van der Waals surface area contributed by atoms with Crippen LogP contribution in [0.3, 0.4) is 0 Å². The van der Waals surface area contributed by atoms with Crippen LogP contribution < -0.4 is 0 Å². The van der Waals surface area contributed by atoms with Gasteiger partial charge in [0.25, 0.3) is 0 Å². The Morgan fingerprint density at radius 1 is 1.42 bits per heavy atom. The van der Waals surface area contributed by atoms with Crippen LogP contribution in [0.4, 0.5) is 0 Å². The lowest BCUT2D eigenvalue weighted by molar-refractivity contribution is -0.164. The number of ether oxygens (including phenoxy) is 1. The topological polar surface area (TPSA) is 63.6 Å². The van der Waals surface area contributed by atoms with Crippen LogP contribution in [0.2, 0.25) is 0 Å². The number of carbonyl (C=O) groups is 2. The zero-order valence-electron chi connectivity index (χ0n) is 14.8. The van der Waals surface area contributed by atoms with E-state index in [1.54, 1.807) is 0 Å². The Labute approximate surface area is 144 Å². The first-order valence-corrected chi connectivity index (χ1v) is 9.06. The molecule has 0 saturated heterocycles. The van der Waals surface area contributed by atoms with Gasteiger partial charge in [-0.1, -0.05) is 25.5 Å². The fourth-order valence-electron chi connectivity index (χ4n) is 5.64. The van der Waals surface area contributed by atoms with Gasteiger partial charge in [0.15, 0.2) is 0 Å². The largest absolute Gasteiger partial charge is 0.481 e. The van der Waals surface area contributed by atoms with Gasteiger partial charge in [0.05, 0.1) is 5.41 Å². The van der Waals surface area contributed by atoms with Gasteiger partial charge in [-0.3, -0.25) is 4.79 Å². The van der Waals surface area contributed by atoms with Gasteiger partial charge in [0.1, 0.15) is 6.61 Å². The van der Waals surface area contributed by atoms with Crippen molar-refractivity contribution in [2.24, 2.45) is 22.7 Å². The van der Waals surface area contributed by atoms with Gasteiger partial charge < -0.3 is 9.84 Å². The molecule has 0 radical (unpaired) electrons. The first kappa shape index (κ1) is 17.2. The molecule has 0 spiro atoms. The molecule has 4 heteroatoms. The van der Waals surface area contributed by atoms with E-state index in [1.807, 2.05) is 13.0 Å². The molecule has 0 amide bonds. The summed E-state index contributed by atoms with van der Waals surface area (Å²) in [6.07, 6.45) is 8.01. The molecule has 1 aliphatic heterocycles. The minimum atomic E-state index is -0.660. The first-order valence-electron chi connectivity index (χ1n) is 9.06. The number of carboxylic acids is 1. The van der Waals surface area contributed by atoms with Gasteiger partial charge in [-0.25, -0.2) is 4.79 Å². The highest BCUT2D eigenvalue weighted by atomic mass is 16.5. The molecular formula is C20H28O4. The van der Waals surface area contributed by atoms with E-state index in [1.165, 1.54) is 5.57 Å². The van der Waals surface area contributed by atoms with Crippen molar-refractivity contribution in [1.29, 1.82) is 0 Å². The standard InChI is InChI=1S/C20H28O4/c1-13-5-8-16-19(2,10-4-11-20(16,3)18(22)23)15(13)7-6-14-9-12-24-17(14)21/h9,15-16H,1,4-8,10-12H2,2-3H3,(H,22,23)/t15-,16+,19+,20+/m0/s1. The van der Waals surface area contributed by atoms with Crippen molar-refractivity contribution < 1.29 is 19.4 Å². The molecule has 0 aromatic heterocycles. The van der Waals surface area contributed by atoms with Crippen LogP contribution in [0, 0.1) is 22.7 Å². The molecule has 1 heterocycles. The summed E-state index contributed by atoms with van der Waals surface area (Å²) in [5.74, 6) is -0.398. The molecule has 0 bridgehead atoms. The number of rotatable bonds is 4. The van der Waals surface area contributed by atoms with Crippen LogP contribution in [-0.2, 0) is 14.3 Å². The van der Waals surface area contributed by atoms with Crippen LogP contribution in [-0.4, -0.2) is 23.7 Å². The van der Waals surface area contributed by atoms with E-state index in [0.717, 1.165) is 44.1 Å². The summed E-state index contributed by atoms with van der Waals surface area (Å²) in [5.41, 5.74) is 1.32. The summed E-state index contributed by atoms with van der Waals surface area (Å²) in [4.78, 5) is 23.7. The SMILES string of the molecule is C=C1CC[C@@H]2[C@](C)(CCC[C@@]2(C)C(=O)O)[C@H]1CCC1=CCOC1=O. The molecule has 132 valence electrons. The highest BCUT2D eigenvalue weighted by Crippen LogP contribution is 2.62. The van der Waals surface area contributed by atoms with Gasteiger partial charge in [0, 0.05) is 5.57 Å². The summed E-state index contributed by atoms with van der Waals surface area (Å²) >= 11 is 0. The third-order valence-corrected chi connectivity index (χ3v) is 7.02. The molecule has 3 rings (SSSR count). The van der Waals surface area contributed by atoms with Crippen LogP contribution in [0.15, 0.2) is 23.8 Å². The molecule has 0 aromatic rings. The summed E-state index contributed by atoms with van der Waals surface area (Å²) in [6, 6.07) is 0. The Bertz CT molecular complexity index is 605. The lowest BCUT2D eigenvalue weighted by Crippen LogP contribution is -2.53. The lowest BCUT2D eigenvalue weighted by atomic mass is 9.46. The second-order valence-electron chi connectivity index (χ2n) is 8.25. The maximum Gasteiger partial charge on any atom is 0.334 e. The number of allylic oxidation sites excluding steroid dienone is 1. The predicted molar refractivity (Wildman–Crippen MR) is 91.3 cm³/mol. The molecule has 1 N–H and O–H groups in total. The number of fused-ring (bicyclic) bond motifs is 1. The van der Waals surface area contributed by atoms with Crippen LogP contribution in [0.5, 0.6) is 0 Å². The monoisotopic (exact) mass is 332 g/mol. The molecule has 2 saturated carbocycles. The van der Waals surface area contributed by atoms with E-state index < -0.39 is 11.4 Å². The van der Waals surface area contributed by atoms with E-state index >= 15 is 0 Å². The fraction of sp³-hybridized carbons (Fsp3) is 0.700. The normalized spacial score (nSPS) is 39.2. The number of hydrogen-bond acceptors (Lipinski definition) is 3. The van der Waals surface area contributed by atoms with Crippen molar-refractivity contribution in [3.05, 3.63) is 23.8 Å². The zero-order chi connectivity index (χ0) is 17.5. The molecule has 24 heavy (non-hydrogen) atoms. The summed E-state index contributed by atoms with van der Waals surface area (Å²) in [6.45, 7) is 8.88. The average molecular weight is 332 g/mol. The van der Waals surface area contributed by atoms with Gasteiger partial charge in [-0.15, -0.1) is 0 Å². The number of hydrogen-bond donors (Lipinski definition) is 1. The highest BCUT2D eigenvalue weighted by Gasteiger charge is 2.57. The van der Waals surface area contributed by atoms with Crippen molar-refractivity contribution >= 4 is 11.9 Å². The molecule has 0 aromatic carbocycles. The van der Waals surface area contributed by atoms with Crippen molar-refractivity contribution in [1.82, 2.24) is 0 Å². The fourth-order valence-corrected chi connectivity index (χ4v) is 5.64. The minimum absolute atomic E-state index is 0.0379. The van der Waals surface area contributed by atoms with Crippen LogP contribution in [0.1, 0.15) is 58.8 Å². The van der Waals surface area contributed by atoms with Crippen LogP contribution >= 0.6 is 0 Å². The Hall–Kier alpha value is -1.58. The summed E-state index contributed by atoms with van der Waals surface area (Å²) in [5, 5.41) is 9.85. The smallest absolute Gasteiger partial charge is 0.334 e. The van der Waals surface area contributed by atoms with Crippen molar-refractivity contribution in [3.8, 4) is 0 Å². The van der Waals surface area contributed by atoms with Gasteiger partial charge in [0.2, 0.25) is 0 Å². The number of esters is 1. The highest BCUT2D eigenvalue weighted by molar-refractivity contribution is 5.90. The van der Waals surface area contributed by atoms with Crippen LogP contribution in [0.25, 0.3) is 0 Å². The summed E-state index contributed by atoms with van der Waals surface area (Å²) in [7, 11) is 0. The minimum Gasteiger partial charge on any atom is -0.481 e. The molecule has 0 unspecified atom stereocenters. The number of cyclic esters (lactones) is 1. The number of aliphatic carboxylic acids is 1. The Morgan fingerprint density at radius 2 is 2.17 bits per heavy atom. The third kappa shape index (κ3) is 2.60. The molecule has 2 aliphatic carbocycles. The van der Waals surface area contributed by atoms with Gasteiger partial charge >= 0.3 is 11.9 Å².